The van der Waals surface area contributed by atoms with Crippen molar-refractivity contribution in [3.8, 4) is 0 Å². The molecule has 0 aromatic heterocycles. The fraction of sp³-hybridized carbons (Fsp3) is 0.143. The van der Waals surface area contributed by atoms with Gasteiger partial charge in [0, 0.05) is 15.8 Å². The molecule has 0 amide bonds. The first-order chi connectivity index (χ1) is 12.1. The van der Waals surface area contributed by atoms with Crippen LogP contribution in [0.2, 0.25) is 0 Å². The average molecular weight is 391 g/mol. The largest absolute Gasteiger partial charge is 0.414 e. The zero-order valence-corrected chi connectivity index (χ0v) is 16.3. The summed E-state index contributed by atoms with van der Waals surface area (Å²) < 4.78 is 1.12. The second kappa shape index (κ2) is 6.27. The molecule has 0 spiro atoms. The number of anilines is 3. The molecule has 0 fully saturated rings. The first-order valence-electron chi connectivity index (χ1n) is 8.53. The molecule has 1 aliphatic rings. The van der Waals surface area contributed by atoms with Crippen LogP contribution in [-0.2, 0) is 0 Å². The minimum atomic E-state index is 0.0630. The van der Waals surface area contributed by atoms with Crippen LogP contribution in [0.25, 0.3) is 0 Å². The van der Waals surface area contributed by atoms with E-state index in [0.717, 1.165) is 4.47 Å². The Balaban J connectivity index is 1.94. The van der Waals surface area contributed by atoms with E-state index < -0.39 is 0 Å². The number of hydrogen-bond acceptors (Lipinski definition) is 2. The lowest BCUT2D eigenvalue weighted by Gasteiger charge is -2.29. The molecule has 1 heterocycles. The smallest absolute Gasteiger partial charge is 0.403 e. The minimum absolute atomic E-state index is 0.0630. The van der Waals surface area contributed by atoms with E-state index in [4.69, 9.17) is 0 Å². The highest BCUT2D eigenvalue weighted by atomic mass is 79.9. The second-order valence-corrected chi connectivity index (χ2v) is 7.56. The van der Waals surface area contributed by atoms with Gasteiger partial charge in [0.15, 0.2) is 0 Å². The lowest BCUT2D eigenvalue weighted by molar-refractivity contribution is 1.26. The normalized spacial score (nSPS) is 13.0. The van der Waals surface area contributed by atoms with E-state index in [9.17, 15) is 0 Å². The van der Waals surface area contributed by atoms with Crippen LogP contribution in [0.5, 0.6) is 0 Å². The van der Waals surface area contributed by atoms with Gasteiger partial charge in [0.25, 0.3) is 0 Å². The molecule has 0 aliphatic carbocycles. The van der Waals surface area contributed by atoms with Gasteiger partial charge < -0.3 is 10.0 Å². The summed E-state index contributed by atoms with van der Waals surface area (Å²) in [5.74, 6) is 0. The summed E-state index contributed by atoms with van der Waals surface area (Å²) in [7, 11) is 0. The summed E-state index contributed by atoms with van der Waals surface area (Å²) in [6, 6.07) is 21.5. The third kappa shape index (κ3) is 2.75. The number of hydrogen-bond donors (Lipinski definition) is 1. The molecule has 4 heteroatoms. The third-order valence-electron chi connectivity index (χ3n) is 4.79. The van der Waals surface area contributed by atoms with Crippen molar-refractivity contribution in [1.29, 1.82) is 0 Å². The number of para-hydroxylation sites is 2. The van der Waals surface area contributed by atoms with Crippen molar-refractivity contribution in [3.63, 3.8) is 0 Å². The van der Waals surface area contributed by atoms with E-state index in [2.05, 4.69) is 107 Å². The van der Waals surface area contributed by atoms with Crippen LogP contribution in [0, 0.1) is 20.8 Å². The maximum atomic E-state index is 3.73. The summed E-state index contributed by atoms with van der Waals surface area (Å²) in [5.41, 5.74) is 8.81. The summed E-state index contributed by atoms with van der Waals surface area (Å²) in [6.07, 6.45) is 0. The Bertz CT molecular complexity index is 931. The van der Waals surface area contributed by atoms with Gasteiger partial charge in [-0.15, -0.1) is 0 Å². The maximum absolute atomic E-state index is 3.73. The summed E-state index contributed by atoms with van der Waals surface area (Å²) in [5, 5.41) is 3.71. The average Bonchev–Trinajstić information content (AvgIpc) is 2.94. The Morgan fingerprint density at radius 2 is 1.52 bits per heavy atom. The minimum Gasteiger partial charge on any atom is -0.403 e. The van der Waals surface area contributed by atoms with E-state index >= 15 is 0 Å². The standard InChI is InChI=1S/C21H20BBrN2/c1-14-12-15(2)21(16(3)13-14)25-20-11-7-6-10-19(20)24-22(25)17-8-4-5-9-18(17)23/h4-13,24H,1-3H3. The molecular formula is C21H20BBrN2. The zero-order chi connectivity index (χ0) is 17.6. The van der Waals surface area contributed by atoms with Crippen LogP contribution >= 0.6 is 15.9 Å². The highest BCUT2D eigenvalue weighted by Crippen LogP contribution is 2.41. The SMILES string of the molecule is Cc1cc(C)c(N2B(c3ccccc3Br)Nc3ccccc32)c(C)c1. The van der Waals surface area contributed by atoms with Gasteiger partial charge in [-0.3, -0.25) is 0 Å². The first-order valence-corrected chi connectivity index (χ1v) is 9.32. The van der Waals surface area contributed by atoms with Crippen LogP contribution in [0.15, 0.2) is 65.1 Å². The highest BCUT2D eigenvalue weighted by molar-refractivity contribution is 9.10. The number of rotatable bonds is 2. The lowest BCUT2D eigenvalue weighted by atomic mass is 9.66. The zero-order valence-electron chi connectivity index (χ0n) is 14.7. The molecule has 0 saturated heterocycles. The van der Waals surface area contributed by atoms with Crippen molar-refractivity contribution < 1.29 is 0 Å². The maximum Gasteiger partial charge on any atom is 0.414 e. The number of benzene rings is 3. The topological polar surface area (TPSA) is 15.3 Å². The highest BCUT2D eigenvalue weighted by Gasteiger charge is 2.38. The third-order valence-corrected chi connectivity index (χ3v) is 5.51. The van der Waals surface area contributed by atoms with Gasteiger partial charge in [0.2, 0.25) is 0 Å². The summed E-state index contributed by atoms with van der Waals surface area (Å²) in [6.45, 7) is 6.62. The predicted octanol–water partition coefficient (Wildman–Crippen LogP) is 5.33. The number of fused-ring (bicyclic) bond motifs is 1. The molecule has 1 aliphatic heterocycles. The second-order valence-electron chi connectivity index (χ2n) is 6.70. The molecule has 3 aromatic rings. The first kappa shape index (κ1) is 16.3. The molecule has 0 atom stereocenters. The van der Waals surface area contributed by atoms with Gasteiger partial charge in [-0.05, 0) is 55.6 Å². The number of nitrogens with zero attached hydrogens (tertiary/aromatic N) is 1. The van der Waals surface area contributed by atoms with Gasteiger partial charge in [-0.1, -0.05) is 64.0 Å². The van der Waals surface area contributed by atoms with Crippen LogP contribution in [0.4, 0.5) is 17.1 Å². The number of nitrogens with one attached hydrogen (secondary N) is 1. The van der Waals surface area contributed by atoms with Crippen LogP contribution in [0.1, 0.15) is 16.7 Å². The number of halogens is 1. The van der Waals surface area contributed by atoms with Gasteiger partial charge in [-0.25, -0.2) is 0 Å². The quantitative estimate of drug-likeness (QED) is 0.594. The monoisotopic (exact) mass is 390 g/mol. The molecule has 0 unspecified atom stereocenters. The lowest BCUT2D eigenvalue weighted by Crippen LogP contribution is -2.49. The molecule has 25 heavy (non-hydrogen) atoms. The molecule has 3 aromatic carbocycles. The van der Waals surface area contributed by atoms with Crippen LogP contribution in [0.3, 0.4) is 0 Å². The van der Waals surface area contributed by atoms with E-state index in [1.165, 1.54) is 39.2 Å². The van der Waals surface area contributed by atoms with E-state index in [-0.39, 0.29) is 6.98 Å². The molecule has 2 nitrogen and oxygen atoms in total. The molecule has 4 rings (SSSR count). The molecule has 0 saturated carbocycles. The summed E-state index contributed by atoms with van der Waals surface area (Å²) >= 11 is 3.73. The number of aryl methyl sites for hydroxylation is 3. The van der Waals surface area contributed by atoms with Crippen LogP contribution in [-0.4, -0.2) is 6.98 Å². The van der Waals surface area contributed by atoms with Crippen molar-refractivity contribution in [2.45, 2.75) is 20.8 Å². The van der Waals surface area contributed by atoms with Gasteiger partial charge >= 0.3 is 6.98 Å². The molecular weight excluding hydrogens is 371 g/mol. The Labute approximate surface area is 158 Å². The Morgan fingerprint density at radius 1 is 0.880 bits per heavy atom. The van der Waals surface area contributed by atoms with Crippen LogP contribution < -0.4 is 15.5 Å². The van der Waals surface area contributed by atoms with Crippen molar-refractivity contribution in [3.05, 3.63) is 81.8 Å². The van der Waals surface area contributed by atoms with Gasteiger partial charge in [0.1, 0.15) is 0 Å². The summed E-state index contributed by atoms with van der Waals surface area (Å²) in [4.78, 5) is 2.43. The fourth-order valence-electron chi connectivity index (χ4n) is 3.87. The van der Waals surface area contributed by atoms with E-state index in [0.29, 0.717) is 0 Å². The van der Waals surface area contributed by atoms with Crippen molar-refractivity contribution in [1.82, 2.24) is 0 Å². The predicted molar refractivity (Wildman–Crippen MR) is 112 cm³/mol. The van der Waals surface area contributed by atoms with Gasteiger partial charge in [0.05, 0.1) is 5.69 Å². The molecule has 1 N–H and O–H groups in total. The Kier molecular flexibility index (Phi) is 4.08. The Hall–Kier alpha value is -2.20. The van der Waals surface area contributed by atoms with Crippen molar-refractivity contribution in [2.24, 2.45) is 0 Å². The van der Waals surface area contributed by atoms with Gasteiger partial charge in [-0.2, -0.15) is 0 Å². The van der Waals surface area contributed by atoms with Crippen molar-refractivity contribution >= 4 is 45.4 Å². The fourth-order valence-corrected chi connectivity index (χ4v) is 4.37. The molecule has 0 radical (unpaired) electrons. The van der Waals surface area contributed by atoms with E-state index in [1.807, 2.05) is 0 Å². The Morgan fingerprint density at radius 3 is 2.24 bits per heavy atom. The van der Waals surface area contributed by atoms with E-state index in [1.54, 1.807) is 0 Å². The molecule has 0 bridgehead atoms. The van der Waals surface area contributed by atoms with Crippen molar-refractivity contribution in [2.75, 3.05) is 10.0 Å². The molecule has 124 valence electrons.